The molecule has 0 atom stereocenters. The van der Waals surface area contributed by atoms with Gasteiger partial charge in [0.05, 0.1) is 12.7 Å². The fourth-order valence-corrected chi connectivity index (χ4v) is 1.91. The van der Waals surface area contributed by atoms with Crippen molar-refractivity contribution in [1.82, 2.24) is 0 Å². The van der Waals surface area contributed by atoms with E-state index in [2.05, 4.69) is 11.9 Å². The number of carbonyl (C=O) groups excluding carboxylic acids is 2. The molecule has 0 fully saturated rings. The molecular weight excluding hydrogens is 266 g/mol. The van der Waals surface area contributed by atoms with Crippen molar-refractivity contribution < 1.29 is 14.3 Å². The molecule has 0 aliphatic carbocycles. The van der Waals surface area contributed by atoms with Crippen LogP contribution in [0.4, 0.5) is 5.69 Å². The van der Waals surface area contributed by atoms with Gasteiger partial charge in [0.1, 0.15) is 0 Å². The summed E-state index contributed by atoms with van der Waals surface area (Å²) in [6.07, 6.45) is 1.21. The first-order valence-electron chi connectivity index (χ1n) is 6.36. The van der Waals surface area contributed by atoms with Crippen LogP contribution in [0.3, 0.4) is 0 Å². The summed E-state index contributed by atoms with van der Waals surface area (Å²) in [5, 5.41) is 2.70. The van der Waals surface area contributed by atoms with Gasteiger partial charge in [0, 0.05) is 5.69 Å². The zero-order valence-electron chi connectivity index (χ0n) is 11.6. The van der Waals surface area contributed by atoms with Crippen LogP contribution in [-0.2, 0) is 9.53 Å². The molecule has 0 spiro atoms. The molecule has 21 heavy (non-hydrogen) atoms. The Morgan fingerprint density at radius 3 is 2.43 bits per heavy atom. The first-order valence-corrected chi connectivity index (χ1v) is 6.36. The number of anilines is 1. The standard InChI is InChI=1S/C17H15NO3/c1-3-16(19)18-15-9-5-7-13(11-15)12-6-4-8-14(10-12)17(20)21-2/h3-11H,1H2,2H3,(H,18,19). The van der Waals surface area contributed by atoms with Gasteiger partial charge in [-0.3, -0.25) is 4.79 Å². The Morgan fingerprint density at radius 1 is 1.10 bits per heavy atom. The van der Waals surface area contributed by atoms with Crippen LogP contribution in [0.2, 0.25) is 0 Å². The summed E-state index contributed by atoms with van der Waals surface area (Å²) in [6, 6.07) is 14.5. The fraction of sp³-hybridized carbons (Fsp3) is 0.0588. The smallest absolute Gasteiger partial charge is 0.337 e. The number of amides is 1. The van der Waals surface area contributed by atoms with Crippen molar-refractivity contribution >= 4 is 17.6 Å². The van der Waals surface area contributed by atoms with E-state index in [9.17, 15) is 9.59 Å². The highest BCUT2D eigenvalue weighted by atomic mass is 16.5. The van der Waals surface area contributed by atoms with Gasteiger partial charge in [-0.05, 0) is 41.5 Å². The Hall–Kier alpha value is -2.88. The van der Waals surface area contributed by atoms with E-state index in [-0.39, 0.29) is 11.9 Å². The Kier molecular flexibility index (Phi) is 4.51. The van der Waals surface area contributed by atoms with Gasteiger partial charge in [0.2, 0.25) is 5.91 Å². The molecule has 1 amide bonds. The molecule has 0 bridgehead atoms. The quantitative estimate of drug-likeness (QED) is 0.691. The van der Waals surface area contributed by atoms with Crippen LogP contribution in [0.1, 0.15) is 10.4 Å². The number of esters is 1. The first kappa shape index (κ1) is 14.5. The molecule has 0 aliphatic rings. The van der Waals surface area contributed by atoms with Gasteiger partial charge in [0.25, 0.3) is 0 Å². The van der Waals surface area contributed by atoms with E-state index in [1.54, 1.807) is 24.3 Å². The summed E-state index contributed by atoms with van der Waals surface area (Å²) >= 11 is 0. The predicted molar refractivity (Wildman–Crippen MR) is 82.0 cm³/mol. The van der Waals surface area contributed by atoms with Crippen LogP contribution in [-0.4, -0.2) is 19.0 Å². The number of rotatable bonds is 4. The largest absolute Gasteiger partial charge is 0.465 e. The highest BCUT2D eigenvalue weighted by molar-refractivity contribution is 5.99. The van der Waals surface area contributed by atoms with Gasteiger partial charge >= 0.3 is 5.97 Å². The summed E-state index contributed by atoms with van der Waals surface area (Å²) in [5.41, 5.74) is 2.91. The number of hydrogen-bond donors (Lipinski definition) is 1. The Morgan fingerprint density at radius 2 is 1.76 bits per heavy atom. The van der Waals surface area contributed by atoms with Crippen molar-refractivity contribution in [2.45, 2.75) is 0 Å². The molecule has 0 aromatic heterocycles. The third-order valence-electron chi connectivity index (χ3n) is 2.93. The van der Waals surface area contributed by atoms with Gasteiger partial charge in [-0.15, -0.1) is 0 Å². The normalized spacial score (nSPS) is 9.76. The minimum Gasteiger partial charge on any atom is -0.465 e. The molecule has 0 heterocycles. The summed E-state index contributed by atoms with van der Waals surface area (Å²) in [7, 11) is 1.35. The second-order valence-corrected chi connectivity index (χ2v) is 4.35. The number of carbonyl (C=O) groups is 2. The predicted octanol–water partition coefficient (Wildman–Crippen LogP) is 3.26. The molecule has 0 saturated carbocycles. The lowest BCUT2D eigenvalue weighted by atomic mass is 10.0. The average molecular weight is 281 g/mol. The highest BCUT2D eigenvalue weighted by Gasteiger charge is 2.07. The lowest BCUT2D eigenvalue weighted by molar-refractivity contribution is -0.111. The molecule has 2 rings (SSSR count). The van der Waals surface area contributed by atoms with Crippen molar-refractivity contribution in [3.63, 3.8) is 0 Å². The van der Waals surface area contributed by atoms with Gasteiger partial charge in [0.15, 0.2) is 0 Å². The molecule has 0 aliphatic heterocycles. The SMILES string of the molecule is C=CC(=O)Nc1cccc(-c2cccc(C(=O)OC)c2)c1. The maximum Gasteiger partial charge on any atom is 0.337 e. The van der Waals surface area contributed by atoms with Gasteiger partial charge in [-0.25, -0.2) is 4.79 Å². The summed E-state index contributed by atoms with van der Waals surface area (Å²) in [4.78, 5) is 22.9. The molecule has 0 saturated heterocycles. The van der Waals surface area contributed by atoms with Gasteiger partial charge in [-0.1, -0.05) is 30.8 Å². The van der Waals surface area contributed by atoms with Crippen LogP contribution < -0.4 is 5.32 Å². The van der Waals surface area contributed by atoms with Crippen molar-refractivity contribution in [3.05, 3.63) is 66.7 Å². The lowest BCUT2D eigenvalue weighted by Gasteiger charge is -2.07. The molecule has 2 aromatic carbocycles. The number of hydrogen-bond acceptors (Lipinski definition) is 3. The maximum absolute atomic E-state index is 11.6. The summed E-state index contributed by atoms with van der Waals surface area (Å²) < 4.78 is 4.71. The average Bonchev–Trinajstić information content (AvgIpc) is 2.54. The lowest BCUT2D eigenvalue weighted by Crippen LogP contribution is -2.07. The van der Waals surface area contributed by atoms with E-state index in [4.69, 9.17) is 4.74 Å². The molecule has 1 N–H and O–H groups in total. The van der Waals surface area contributed by atoms with Crippen molar-refractivity contribution in [3.8, 4) is 11.1 Å². The van der Waals surface area contributed by atoms with Crippen molar-refractivity contribution in [2.75, 3.05) is 12.4 Å². The highest BCUT2D eigenvalue weighted by Crippen LogP contribution is 2.23. The zero-order valence-corrected chi connectivity index (χ0v) is 11.6. The second kappa shape index (κ2) is 6.52. The van der Waals surface area contributed by atoms with E-state index >= 15 is 0 Å². The van der Waals surface area contributed by atoms with Crippen LogP contribution in [0.5, 0.6) is 0 Å². The number of nitrogens with one attached hydrogen (secondary N) is 1. The molecule has 106 valence electrons. The Balaban J connectivity index is 2.33. The van der Waals surface area contributed by atoms with E-state index in [0.717, 1.165) is 11.1 Å². The zero-order chi connectivity index (χ0) is 15.2. The second-order valence-electron chi connectivity index (χ2n) is 4.35. The van der Waals surface area contributed by atoms with E-state index < -0.39 is 0 Å². The third kappa shape index (κ3) is 3.57. The number of benzene rings is 2. The molecule has 0 unspecified atom stereocenters. The first-order chi connectivity index (χ1) is 10.1. The van der Waals surface area contributed by atoms with E-state index in [1.165, 1.54) is 13.2 Å². The van der Waals surface area contributed by atoms with E-state index in [1.807, 2.05) is 24.3 Å². The minimum atomic E-state index is -0.382. The molecule has 4 nitrogen and oxygen atoms in total. The summed E-state index contributed by atoms with van der Waals surface area (Å²) in [5.74, 6) is -0.650. The minimum absolute atomic E-state index is 0.268. The third-order valence-corrected chi connectivity index (χ3v) is 2.93. The van der Waals surface area contributed by atoms with Crippen LogP contribution in [0, 0.1) is 0 Å². The molecular formula is C17H15NO3. The van der Waals surface area contributed by atoms with Crippen molar-refractivity contribution in [1.29, 1.82) is 0 Å². The topological polar surface area (TPSA) is 55.4 Å². The molecule has 0 radical (unpaired) electrons. The monoisotopic (exact) mass is 281 g/mol. The van der Waals surface area contributed by atoms with Crippen LogP contribution >= 0.6 is 0 Å². The number of methoxy groups -OCH3 is 1. The van der Waals surface area contributed by atoms with Crippen molar-refractivity contribution in [2.24, 2.45) is 0 Å². The molecule has 4 heteroatoms. The van der Waals surface area contributed by atoms with Crippen LogP contribution in [0.15, 0.2) is 61.2 Å². The van der Waals surface area contributed by atoms with Gasteiger partial charge in [-0.2, -0.15) is 0 Å². The van der Waals surface area contributed by atoms with E-state index in [0.29, 0.717) is 11.3 Å². The Bertz CT molecular complexity index is 692. The number of ether oxygens (including phenoxy) is 1. The molecule has 2 aromatic rings. The van der Waals surface area contributed by atoms with Gasteiger partial charge < -0.3 is 10.1 Å². The summed E-state index contributed by atoms with van der Waals surface area (Å²) in [6.45, 7) is 3.41. The van der Waals surface area contributed by atoms with Crippen LogP contribution in [0.25, 0.3) is 11.1 Å². The Labute approximate surface area is 123 Å². The fourth-order valence-electron chi connectivity index (χ4n) is 1.91. The maximum atomic E-state index is 11.6.